The Morgan fingerprint density at radius 2 is 2.21 bits per heavy atom. The summed E-state index contributed by atoms with van der Waals surface area (Å²) in [6.45, 7) is 2.28. The number of hydrogen-bond donors (Lipinski definition) is 1. The van der Waals surface area contributed by atoms with E-state index < -0.39 is 0 Å². The van der Waals surface area contributed by atoms with E-state index in [1.165, 1.54) is 6.07 Å². The van der Waals surface area contributed by atoms with E-state index in [4.69, 9.17) is 11.6 Å². The van der Waals surface area contributed by atoms with Crippen LogP contribution in [0, 0.1) is 5.82 Å². The lowest BCUT2D eigenvalue weighted by Gasteiger charge is -2.34. The maximum atomic E-state index is 13.4. The van der Waals surface area contributed by atoms with Crippen molar-refractivity contribution in [2.24, 2.45) is 0 Å². The van der Waals surface area contributed by atoms with Crippen LogP contribution in [-0.2, 0) is 0 Å². The molecule has 1 aromatic carbocycles. The Morgan fingerprint density at radius 1 is 1.43 bits per heavy atom. The molecule has 76 valence electrons. The predicted molar refractivity (Wildman–Crippen MR) is 56.3 cm³/mol. The minimum absolute atomic E-state index is 0.166. The van der Waals surface area contributed by atoms with Gasteiger partial charge in [0, 0.05) is 19.6 Å². The van der Waals surface area contributed by atoms with E-state index >= 15 is 0 Å². The standard InChI is InChI=1S/C10H12ClFN2/c11-10-7-13-5-6-14(10)9-4-2-1-3-8(9)12/h1-4,10,13H,5-7H2. The fourth-order valence-corrected chi connectivity index (χ4v) is 1.94. The van der Waals surface area contributed by atoms with E-state index in [1.54, 1.807) is 12.1 Å². The molecule has 1 unspecified atom stereocenters. The summed E-state index contributed by atoms with van der Waals surface area (Å²) in [4.78, 5) is 1.88. The lowest BCUT2D eigenvalue weighted by Crippen LogP contribution is -2.49. The first kappa shape index (κ1) is 9.74. The van der Waals surface area contributed by atoms with Crippen molar-refractivity contribution in [1.29, 1.82) is 0 Å². The molecule has 1 N–H and O–H groups in total. The maximum absolute atomic E-state index is 13.4. The molecule has 0 aliphatic carbocycles. The van der Waals surface area contributed by atoms with Gasteiger partial charge in [0.05, 0.1) is 5.69 Å². The first-order chi connectivity index (χ1) is 6.79. The topological polar surface area (TPSA) is 15.3 Å². The van der Waals surface area contributed by atoms with Crippen LogP contribution in [0.2, 0.25) is 0 Å². The molecule has 0 radical (unpaired) electrons. The van der Waals surface area contributed by atoms with Crippen LogP contribution in [0.4, 0.5) is 10.1 Å². The van der Waals surface area contributed by atoms with Gasteiger partial charge >= 0.3 is 0 Å². The second-order valence-corrected chi connectivity index (χ2v) is 3.79. The molecule has 1 fully saturated rings. The number of nitrogens with zero attached hydrogens (tertiary/aromatic N) is 1. The van der Waals surface area contributed by atoms with Crippen LogP contribution in [-0.4, -0.2) is 25.1 Å². The second kappa shape index (κ2) is 4.15. The smallest absolute Gasteiger partial charge is 0.146 e. The van der Waals surface area contributed by atoms with Crippen molar-refractivity contribution in [2.75, 3.05) is 24.5 Å². The van der Waals surface area contributed by atoms with E-state index in [0.29, 0.717) is 12.2 Å². The summed E-state index contributed by atoms with van der Waals surface area (Å²) >= 11 is 6.09. The van der Waals surface area contributed by atoms with Crippen LogP contribution in [0.3, 0.4) is 0 Å². The van der Waals surface area contributed by atoms with Crippen molar-refractivity contribution < 1.29 is 4.39 Å². The predicted octanol–water partition coefficient (Wildman–Crippen LogP) is 1.80. The Kier molecular flexibility index (Phi) is 2.89. The number of benzene rings is 1. The number of hydrogen-bond acceptors (Lipinski definition) is 2. The molecule has 14 heavy (non-hydrogen) atoms. The molecule has 0 spiro atoms. The molecule has 1 saturated heterocycles. The van der Waals surface area contributed by atoms with Crippen molar-refractivity contribution in [1.82, 2.24) is 5.32 Å². The van der Waals surface area contributed by atoms with Gasteiger partial charge in [-0.15, -0.1) is 0 Å². The fourth-order valence-electron chi connectivity index (χ4n) is 1.63. The zero-order valence-electron chi connectivity index (χ0n) is 7.71. The van der Waals surface area contributed by atoms with Crippen LogP contribution in [0.25, 0.3) is 0 Å². The van der Waals surface area contributed by atoms with E-state index in [2.05, 4.69) is 5.32 Å². The third-order valence-corrected chi connectivity index (χ3v) is 2.73. The highest BCUT2D eigenvalue weighted by molar-refractivity contribution is 6.22. The normalized spacial score (nSPS) is 22.4. The molecule has 0 saturated carbocycles. The van der Waals surface area contributed by atoms with E-state index in [9.17, 15) is 4.39 Å². The highest BCUT2D eigenvalue weighted by atomic mass is 35.5. The number of para-hydroxylation sites is 1. The van der Waals surface area contributed by atoms with Crippen molar-refractivity contribution in [2.45, 2.75) is 5.50 Å². The Balaban J connectivity index is 2.25. The average Bonchev–Trinajstić information content (AvgIpc) is 2.20. The summed E-state index contributed by atoms with van der Waals surface area (Å²) in [5, 5.41) is 3.16. The van der Waals surface area contributed by atoms with Gasteiger partial charge in [0.2, 0.25) is 0 Å². The molecule has 1 aliphatic heterocycles. The number of piperazine rings is 1. The summed E-state index contributed by atoms with van der Waals surface area (Å²) in [5.74, 6) is -0.208. The van der Waals surface area contributed by atoms with Crippen molar-refractivity contribution in [3.63, 3.8) is 0 Å². The Morgan fingerprint density at radius 3 is 2.93 bits per heavy atom. The largest absolute Gasteiger partial charge is 0.350 e. The Labute approximate surface area is 87.7 Å². The molecule has 1 aromatic rings. The molecular weight excluding hydrogens is 203 g/mol. The molecule has 4 heteroatoms. The highest BCUT2D eigenvalue weighted by Gasteiger charge is 2.21. The Bertz CT molecular complexity index is 319. The van der Waals surface area contributed by atoms with Gasteiger partial charge in [0.1, 0.15) is 11.3 Å². The third-order valence-electron chi connectivity index (χ3n) is 2.34. The summed E-state index contributed by atoms with van der Waals surface area (Å²) < 4.78 is 13.4. The SMILES string of the molecule is Fc1ccccc1N1CCNCC1Cl. The van der Waals surface area contributed by atoms with E-state index in [0.717, 1.165) is 13.1 Å². The molecule has 1 aliphatic rings. The summed E-state index contributed by atoms with van der Waals surface area (Å²) in [6, 6.07) is 6.73. The van der Waals surface area contributed by atoms with Crippen LogP contribution in [0.1, 0.15) is 0 Å². The van der Waals surface area contributed by atoms with Crippen LogP contribution < -0.4 is 10.2 Å². The lowest BCUT2D eigenvalue weighted by molar-refractivity contribution is 0.542. The van der Waals surface area contributed by atoms with Crippen molar-refractivity contribution in [3.8, 4) is 0 Å². The molecular formula is C10H12ClFN2. The quantitative estimate of drug-likeness (QED) is 0.567. The number of nitrogens with one attached hydrogen (secondary N) is 1. The summed E-state index contributed by atoms with van der Waals surface area (Å²) in [7, 11) is 0. The van der Waals surface area contributed by atoms with Crippen molar-refractivity contribution >= 4 is 17.3 Å². The summed E-state index contributed by atoms with van der Waals surface area (Å²) in [6.07, 6.45) is 0. The van der Waals surface area contributed by atoms with E-state index in [1.807, 2.05) is 11.0 Å². The number of alkyl halides is 1. The van der Waals surface area contributed by atoms with Gasteiger partial charge in [-0.1, -0.05) is 23.7 Å². The van der Waals surface area contributed by atoms with E-state index in [-0.39, 0.29) is 11.3 Å². The van der Waals surface area contributed by atoms with Crippen LogP contribution in [0.5, 0.6) is 0 Å². The van der Waals surface area contributed by atoms with Gasteiger partial charge in [-0.2, -0.15) is 0 Å². The molecule has 0 bridgehead atoms. The summed E-state index contributed by atoms with van der Waals surface area (Å²) in [5.41, 5.74) is 0.426. The molecule has 2 nitrogen and oxygen atoms in total. The van der Waals surface area contributed by atoms with Gasteiger partial charge in [0.25, 0.3) is 0 Å². The van der Waals surface area contributed by atoms with Crippen molar-refractivity contribution in [3.05, 3.63) is 30.1 Å². The monoisotopic (exact) mass is 214 g/mol. The van der Waals surface area contributed by atoms with Crippen LogP contribution >= 0.6 is 11.6 Å². The first-order valence-electron chi connectivity index (χ1n) is 4.65. The number of halogens is 2. The van der Waals surface area contributed by atoms with Gasteiger partial charge in [-0.3, -0.25) is 0 Å². The first-order valence-corrected chi connectivity index (χ1v) is 5.08. The van der Waals surface area contributed by atoms with Gasteiger partial charge < -0.3 is 10.2 Å². The fraction of sp³-hybridized carbons (Fsp3) is 0.400. The molecule has 0 aromatic heterocycles. The van der Waals surface area contributed by atoms with Crippen LogP contribution in [0.15, 0.2) is 24.3 Å². The van der Waals surface area contributed by atoms with Gasteiger partial charge in [-0.05, 0) is 12.1 Å². The minimum atomic E-state index is -0.208. The third kappa shape index (κ3) is 1.83. The van der Waals surface area contributed by atoms with Gasteiger partial charge in [-0.25, -0.2) is 4.39 Å². The maximum Gasteiger partial charge on any atom is 0.146 e. The zero-order chi connectivity index (χ0) is 9.97. The van der Waals surface area contributed by atoms with Gasteiger partial charge in [0.15, 0.2) is 0 Å². The molecule has 2 rings (SSSR count). The molecule has 1 heterocycles. The lowest BCUT2D eigenvalue weighted by atomic mass is 10.2. The Hall–Kier alpha value is -0.800. The molecule has 0 amide bonds. The zero-order valence-corrected chi connectivity index (χ0v) is 8.47. The number of rotatable bonds is 1. The highest BCUT2D eigenvalue weighted by Crippen LogP contribution is 2.23. The minimum Gasteiger partial charge on any atom is -0.350 e. The average molecular weight is 215 g/mol. The molecule has 1 atom stereocenters. The number of anilines is 1. The second-order valence-electron chi connectivity index (χ2n) is 3.28.